The molecule has 2 aliphatic rings. The summed E-state index contributed by atoms with van der Waals surface area (Å²) in [7, 11) is 0. The van der Waals surface area contributed by atoms with E-state index in [1.165, 1.54) is 0 Å². The van der Waals surface area contributed by atoms with Gasteiger partial charge in [-0.1, -0.05) is 84.9 Å². The quantitative estimate of drug-likeness (QED) is 0.160. The zero-order chi connectivity index (χ0) is 27.9. The third-order valence-corrected chi connectivity index (χ3v) is 8.07. The minimum absolute atomic E-state index is 0. The van der Waals surface area contributed by atoms with Gasteiger partial charge in [0.1, 0.15) is 0 Å². The molecule has 8 nitrogen and oxygen atoms in total. The topological polar surface area (TPSA) is 106 Å². The van der Waals surface area contributed by atoms with Gasteiger partial charge >= 0.3 is 76.2 Å². The molecule has 0 amide bonds. The summed E-state index contributed by atoms with van der Waals surface area (Å²) in [6.07, 6.45) is 0. The van der Waals surface area contributed by atoms with Crippen LogP contribution in [0.5, 0.6) is 0 Å². The maximum atomic E-state index is 5.73. The van der Waals surface area contributed by atoms with E-state index in [0.717, 1.165) is 43.8 Å². The number of nitrogens with zero attached hydrogens (tertiary/aromatic N) is 8. The molecule has 0 atom stereocenters. The van der Waals surface area contributed by atoms with E-state index in [4.69, 9.17) is 65.1 Å². The Morgan fingerprint density at radius 2 is 0.933 bits per heavy atom. The Balaban J connectivity index is 0.00000119. The van der Waals surface area contributed by atoms with Crippen LogP contribution in [0.1, 0.15) is 0 Å². The van der Waals surface area contributed by atoms with Gasteiger partial charge in [0.25, 0.3) is 0 Å². The number of benzene rings is 4. The van der Waals surface area contributed by atoms with Crippen molar-refractivity contribution in [3.8, 4) is 45.6 Å². The van der Waals surface area contributed by atoms with E-state index in [1.807, 2.05) is 84.9 Å². The zero-order valence-corrected chi connectivity index (χ0v) is 30.4. The van der Waals surface area contributed by atoms with Gasteiger partial charge in [0.05, 0.1) is 11.6 Å². The van der Waals surface area contributed by atoms with Crippen molar-refractivity contribution in [3.05, 3.63) is 84.9 Å². The molecule has 5 heterocycles. The van der Waals surface area contributed by atoms with Gasteiger partial charge in [-0.3, -0.25) is 0 Å². The number of rotatable bonds is 0. The van der Waals surface area contributed by atoms with Gasteiger partial charge in [-0.25, -0.2) is 15.0 Å². The average molecular weight is 684 g/mol. The van der Waals surface area contributed by atoms with Crippen LogP contribution in [0.15, 0.2) is 94.7 Å². The first kappa shape index (κ1) is 32.2. The molecule has 8 bridgehead atoms. The summed E-state index contributed by atoms with van der Waals surface area (Å²) < 4.78 is 0. The second kappa shape index (κ2) is 12.4. The fourth-order valence-corrected chi connectivity index (χ4v) is 6.02. The van der Waals surface area contributed by atoms with Crippen LogP contribution < -0.4 is 69.1 Å². The van der Waals surface area contributed by atoms with Crippen molar-refractivity contribution in [1.82, 2.24) is 39.9 Å². The predicted molar refractivity (Wildman–Crippen MR) is 165 cm³/mol. The summed E-state index contributed by atoms with van der Waals surface area (Å²) in [6.45, 7) is 0. The minimum atomic E-state index is 0. The molecule has 7 aromatic rings. The molecule has 207 valence electrons. The summed E-state index contributed by atoms with van der Waals surface area (Å²) in [6, 6.07) is 27.1. The number of hydrogen-bond donors (Lipinski definition) is 0. The van der Waals surface area contributed by atoms with Crippen LogP contribution in [0.25, 0.3) is 89.7 Å². The van der Waals surface area contributed by atoms with Crippen molar-refractivity contribution < 1.29 is 76.2 Å². The maximum Gasteiger partial charge on any atom is 2.00 e. The van der Waals surface area contributed by atoms with Crippen LogP contribution in [0.4, 0.5) is 0 Å². The third-order valence-electron chi connectivity index (χ3n) is 7.48. The predicted octanol–water partition coefficient (Wildman–Crippen LogP) is -0.0555. The molecule has 9 rings (SSSR count). The first-order valence-electron chi connectivity index (χ1n) is 13.1. The van der Waals surface area contributed by atoms with E-state index in [2.05, 4.69) is 0 Å². The second-order valence-corrected chi connectivity index (χ2v) is 10.9. The maximum absolute atomic E-state index is 5.73. The Morgan fingerprint density at radius 3 is 1.60 bits per heavy atom. The van der Waals surface area contributed by atoms with Crippen LogP contribution in [-0.2, 0) is 42.3 Å². The van der Waals surface area contributed by atoms with E-state index in [9.17, 15) is 0 Å². The monoisotopic (exact) mass is 683 g/mol. The Kier molecular flexibility index (Phi) is 8.88. The summed E-state index contributed by atoms with van der Waals surface area (Å²) in [5, 5.41) is 3.31. The first-order chi connectivity index (χ1) is 20.6. The van der Waals surface area contributed by atoms with Crippen molar-refractivity contribution in [2.75, 3.05) is 0 Å². The molecule has 0 aliphatic carbocycles. The standard InChI is InChI=1S/C32H16N8S2.Cu.2Na/c41-15-12-13-20-22(14-15)31-37-27-17-7-2-1-6-16(17)26(33-27)36-30-21-10-5-11-23(42)24(21)32(40-30)39-28-19-9-4-3-8-18(19)25(34-28)35-29(20)38-31;;;/h1-14H,(H2-2,33,34,35,36,37,38,39,40,41,42);;;/q-2;+2;2*+1/p-2. The van der Waals surface area contributed by atoms with E-state index in [-0.39, 0.29) is 76.2 Å². The third kappa shape index (κ3) is 5.21. The Morgan fingerprint density at radius 1 is 0.444 bits per heavy atom. The van der Waals surface area contributed by atoms with Crippen molar-refractivity contribution in [2.45, 2.75) is 9.79 Å². The van der Waals surface area contributed by atoms with Gasteiger partial charge in [-0.15, -0.1) is 0 Å². The SMILES string of the molecule is [Cu+2].[Na+].[Na+].[S-]c1ccc2c3nc4nc(nc5nc(nc6[n-]c(nc([n-]3)c2c1)c1ccccc61)-c1cccc([S-])c1-5)-c1ccccc1-4. The van der Waals surface area contributed by atoms with Gasteiger partial charge in [0, 0.05) is 44.8 Å². The largest absolute Gasteiger partial charge is 2.00 e. The molecular formula is C32H14CuN8Na2S2. The Labute approximate surface area is 322 Å². The normalized spacial score (nSPS) is 11.2. The summed E-state index contributed by atoms with van der Waals surface area (Å²) in [5.41, 5.74) is 5.21. The van der Waals surface area contributed by atoms with Crippen LogP contribution in [0, 0.1) is 0 Å². The molecule has 3 aromatic heterocycles. The molecular weight excluding hydrogens is 670 g/mol. The number of aromatic nitrogens is 8. The van der Waals surface area contributed by atoms with E-state index in [1.54, 1.807) is 0 Å². The Bertz CT molecular complexity index is 2480. The number of hydrogen-bond acceptors (Lipinski definition) is 8. The fourth-order valence-electron chi connectivity index (χ4n) is 5.56. The van der Waals surface area contributed by atoms with E-state index < -0.39 is 0 Å². The second-order valence-electron chi connectivity index (χ2n) is 9.96. The molecule has 1 radical (unpaired) electrons. The molecule has 13 heteroatoms. The molecule has 45 heavy (non-hydrogen) atoms. The van der Waals surface area contributed by atoms with Gasteiger partial charge in [0.2, 0.25) is 0 Å². The van der Waals surface area contributed by atoms with Gasteiger partial charge in [0.15, 0.2) is 11.6 Å². The summed E-state index contributed by atoms with van der Waals surface area (Å²) >= 11 is 11.2. The van der Waals surface area contributed by atoms with Gasteiger partial charge < -0.3 is 50.2 Å². The molecule has 0 spiro atoms. The molecule has 4 aromatic carbocycles. The van der Waals surface area contributed by atoms with Gasteiger partial charge in [-0.2, -0.15) is 9.79 Å². The van der Waals surface area contributed by atoms with Crippen LogP contribution >= 0.6 is 0 Å². The smallest absolute Gasteiger partial charge is 0.780 e. The molecule has 0 unspecified atom stereocenters. The zero-order valence-electron chi connectivity index (χ0n) is 23.8. The Hall–Kier alpha value is -2.80. The molecule has 0 fully saturated rings. The minimum Gasteiger partial charge on any atom is -0.780 e. The van der Waals surface area contributed by atoms with Crippen molar-refractivity contribution in [2.24, 2.45) is 0 Å². The van der Waals surface area contributed by atoms with Crippen molar-refractivity contribution >= 4 is 69.4 Å². The molecule has 2 aliphatic heterocycles. The van der Waals surface area contributed by atoms with Crippen molar-refractivity contribution in [3.63, 3.8) is 0 Å². The molecule has 0 N–H and O–H groups in total. The van der Waals surface area contributed by atoms with Crippen LogP contribution in [0.2, 0.25) is 0 Å². The van der Waals surface area contributed by atoms with Crippen molar-refractivity contribution in [1.29, 1.82) is 0 Å². The first-order valence-corrected chi connectivity index (χ1v) is 13.9. The van der Waals surface area contributed by atoms with Crippen LogP contribution in [0.3, 0.4) is 0 Å². The van der Waals surface area contributed by atoms with E-state index in [0.29, 0.717) is 55.7 Å². The van der Waals surface area contributed by atoms with E-state index >= 15 is 0 Å². The number of fused-ring (bicyclic) bond motifs is 20. The average Bonchev–Trinajstić information content (AvgIpc) is 3.73. The fraction of sp³-hybridized carbons (Fsp3) is 0. The van der Waals surface area contributed by atoms with Crippen LogP contribution in [-0.4, -0.2) is 29.9 Å². The molecule has 0 saturated heterocycles. The summed E-state index contributed by atoms with van der Waals surface area (Å²) in [5.74, 6) is 1.93. The molecule has 0 saturated carbocycles. The van der Waals surface area contributed by atoms with Gasteiger partial charge in [-0.05, 0) is 21.5 Å². The summed E-state index contributed by atoms with van der Waals surface area (Å²) in [4.78, 5) is 40.5.